The van der Waals surface area contributed by atoms with E-state index in [2.05, 4.69) is 24.3 Å². The lowest BCUT2D eigenvalue weighted by Crippen LogP contribution is -2.14. The number of aromatic nitrogens is 2. The second-order valence-corrected chi connectivity index (χ2v) is 5.18. The Balaban J connectivity index is 2.26. The van der Waals surface area contributed by atoms with Gasteiger partial charge in [-0.05, 0) is 33.4 Å². The number of hydrogen-bond donors (Lipinski definition) is 1. The van der Waals surface area contributed by atoms with Crippen LogP contribution in [0.25, 0.3) is 0 Å². The molecule has 0 spiro atoms. The molecule has 1 unspecified atom stereocenters. The molecule has 2 aromatic rings. The van der Waals surface area contributed by atoms with Crippen molar-refractivity contribution >= 4 is 5.69 Å². The van der Waals surface area contributed by atoms with Gasteiger partial charge in [0.05, 0.1) is 17.2 Å². The van der Waals surface area contributed by atoms with Gasteiger partial charge in [0, 0.05) is 29.4 Å². The minimum absolute atomic E-state index is 0.108. The number of benzene rings is 1. The molecule has 2 rings (SSSR count). The molecule has 1 atom stereocenters. The number of non-ortho nitro benzene ring substituents is 1. The topological polar surface area (TPSA) is 73.0 Å². The lowest BCUT2D eigenvalue weighted by Gasteiger charge is -2.11. The van der Waals surface area contributed by atoms with E-state index in [0.717, 1.165) is 17.0 Å². The minimum atomic E-state index is -0.389. The molecule has 0 bridgehead atoms. The smallest absolute Gasteiger partial charge is 0.269 e. The van der Waals surface area contributed by atoms with Crippen molar-refractivity contribution in [3.05, 3.63) is 56.9 Å². The van der Waals surface area contributed by atoms with Crippen LogP contribution in [-0.4, -0.2) is 21.8 Å². The molecule has 6 nitrogen and oxygen atoms in total. The quantitative estimate of drug-likeness (QED) is 0.678. The van der Waals surface area contributed by atoms with Crippen LogP contribution in [0.1, 0.15) is 35.5 Å². The predicted octanol–water partition coefficient (Wildman–Crippen LogP) is 2.74. The molecule has 112 valence electrons. The van der Waals surface area contributed by atoms with Gasteiger partial charge in [0.15, 0.2) is 0 Å². The van der Waals surface area contributed by atoms with E-state index in [-0.39, 0.29) is 16.7 Å². The number of nitrogens with zero attached hydrogens (tertiary/aromatic N) is 3. The Hall–Kier alpha value is -2.21. The number of hydrogen-bond acceptors (Lipinski definition) is 4. The van der Waals surface area contributed by atoms with Gasteiger partial charge in [-0.1, -0.05) is 12.1 Å². The third-order valence-corrected chi connectivity index (χ3v) is 3.78. The zero-order chi connectivity index (χ0) is 15.6. The molecule has 0 saturated carbocycles. The molecule has 1 aromatic carbocycles. The maximum absolute atomic E-state index is 10.7. The number of nitro groups is 1. The molecule has 0 fully saturated rings. The predicted molar refractivity (Wildman–Crippen MR) is 81.4 cm³/mol. The van der Waals surface area contributed by atoms with Crippen molar-refractivity contribution in [1.82, 2.24) is 15.1 Å². The fourth-order valence-corrected chi connectivity index (χ4v) is 2.53. The highest BCUT2D eigenvalue weighted by Gasteiger charge is 2.16. The van der Waals surface area contributed by atoms with Gasteiger partial charge in [-0.2, -0.15) is 5.10 Å². The van der Waals surface area contributed by atoms with E-state index in [1.807, 2.05) is 18.7 Å². The first-order valence-corrected chi connectivity index (χ1v) is 6.88. The first-order chi connectivity index (χ1) is 9.93. The SMILES string of the molecule is CNC(C)c1c(C)nn(Cc2ccc([N+](=O)[O-])cc2)c1C. The molecule has 1 N–H and O–H groups in total. The highest BCUT2D eigenvalue weighted by Crippen LogP contribution is 2.22. The number of nitrogens with one attached hydrogen (secondary N) is 1. The molecule has 0 saturated heterocycles. The summed E-state index contributed by atoms with van der Waals surface area (Å²) < 4.78 is 1.94. The van der Waals surface area contributed by atoms with Crippen LogP contribution < -0.4 is 5.32 Å². The van der Waals surface area contributed by atoms with Crippen LogP contribution in [0.2, 0.25) is 0 Å². The Labute approximate surface area is 123 Å². The summed E-state index contributed by atoms with van der Waals surface area (Å²) in [5, 5.41) is 18.5. The van der Waals surface area contributed by atoms with E-state index >= 15 is 0 Å². The first kappa shape index (κ1) is 15.2. The van der Waals surface area contributed by atoms with E-state index in [1.165, 1.54) is 17.7 Å². The summed E-state index contributed by atoms with van der Waals surface area (Å²) in [7, 11) is 1.93. The third kappa shape index (κ3) is 3.11. The molecule has 6 heteroatoms. The van der Waals surface area contributed by atoms with E-state index in [9.17, 15) is 10.1 Å². The summed E-state index contributed by atoms with van der Waals surface area (Å²) in [4.78, 5) is 10.3. The fourth-order valence-electron chi connectivity index (χ4n) is 2.53. The summed E-state index contributed by atoms with van der Waals surface area (Å²) >= 11 is 0. The van der Waals surface area contributed by atoms with Crippen molar-refractivity contribution in [2.45, 2.75) is 33.4 Å². The number of rotatable bonds is 5. The van der Waals surface area contributed by atoms with Crippen LogP contribution in [0.4, 0.5) is 5.69 Å². The van der Waals surface area contributed by atoms with Gasteiger partial charge >= 0.3 is 0 Å². The lowest BCUT2D eigenvalue weighted by atomic mass is 10.1. The van der Waals surface area contributed by atoms with Crippen molar-refractivity contribution in [3.63, 3.8) is 0 Å². The Morgan fingerprint density at radius 3 is 2.48 bits per heavy atom. The van der Waals surface area contributed by atoms with Crippen molar-refractivity contribution in [1.29, 1.82) is 0 Å². The van der Waals surface area contributed by atoms with Gasteiger partial charge in [0.2, 0.25) is 0 Å². The molecule has 0 aliphatic carbocycles. The van der Waals surface area contributed by atoms with Crippen molar-refractivity contribution in [3.8, 4) is 0 Å². The molecule has 0 aliphatic rings. The zero-order valence-electron chi connectivity index (χ0n) is 12.8. The van der Waals surface area contributed by atoms with E-state index in [4.69, 9.17) is 0 Å². The summed E-state index contributed by atoms with van der Waals surface area (Å²) in [6.45, 7) is 6.77. The second-order valence-electron chi connectivity index (χ2n) is 5.18. The van der Waals surface area contributed by atoms with Crippen molar-refractivity contribution in [2.24, 2.45) is 0 Å². The van der Waals surface area contributed by atoms with Crippen LogP contribution in [0.15, 0.2) is 24.3 Å². The summed E-state index contributed by atoms with van der Waals surface area (Å²) in [5.41, 5.74) is 4.44. The van der Waals surface area contributed by atoms with Gasteiger partial charge in [-0.25, -0.2) is 0 Å². The highest BCUT2D eigenvalue weighted by atomic mass is 16.6. The monoisotopic (exact) mass is 288 g/mol. The van der Waals surface area contributed by atoms with Crippen LogP contribution in [0.3, 0.4) is 0 Å². The number of nitro benzene ring substituents is 1. The molecule has 0 amide bonds. The van der Waals surface area contributed by atoms with Crippen LogP contribution in [0, 0.1) is 24.0 Å². The molecular formula is C15H20N4O2. The van der Waals surface area contributed by atoms with Gasteiger partial charge in [0.25, 0.3) is 5.69 Å². The van der Waals surface area contributed by atoms with Crippen molar-refractivity contribution in [2.75, 3.05) is 7.05 Å². The Morgan fingerprint density at radius 2 is 1.95 bits per heavy atom. The van der Waals surface area contributed by atoms with Gasteiger partial charge in [0.1, 0.15) is 0 Å². The minimum Gasteiger partial charge on any atom is -0.313 e. The molecule has 0 aliphatic heterocycles. The van der Waals surface area contributed by atoms with Gasteiger partial charge < -0.3 is 5.32 Å². The average molecular weight is 288 g/mol. The van der Waals surface area contributed by atoms with Gasteiger partial charge in [-0.3, -0.25) is 14.8 Å². The van der Waals surface area contributed by atoms with E-state index < -0.39 is 0 Å². The number of aryl methyl sites for hydroxylation is 1. The third-order valence-electron chi connectivity index (χ3n) is 3.78. The molecular weight excluding hydrogens is 268 g/mol. The first-order valence-electron chi connectivity index (χ1n) is 6.88. The van der Waals surface area contributed by atoms with Gasteiger partial charge in [-0.15, -0.1) is 0 Å². The average Bonchev–Trinajstić information content (AvgIpc) is 2.73. The maximum Gasteiger partial charge on any atom is 0.269 e. The fraction of sp³-hybridized carbons (Fsp3) is 0.400. The maximum atomic E-state index is 10.7. The van der Waals surface area contributed by atoms with Crippen LogP contribution in [0.5, 0.6) is 0 Å². The highest BCUT2D eigenvalue weighted by molar-refractivity contribution is 5.34. The lowest BCUT2D eigenvalue weighted by molar-refractivity contribution is -0.384. The summed E-state index contributed by atoms with van der Waals surface area (Å²) in [6.07, 6.45) is 0. The Morgan fingerprint density at radius 1 is 1.33 bits per heavy atom. The van der Waals surface area contributed by atoms with Crippen LogP contribution in [-0.2, 0) is 6.54 Å². The normalized spacial score (nSPS) is 12.4. The molecule has 0 radical (unpaired) electrons. The molecule has 1 heterocycles. The second kappa shape index (κ2) is 6.05. The summed E-state index contributed by atoms with van der Waals surface area (Å²) in [6, 6.07) is 6.84. The van der Waals surface area contributed by atoms with E-state index in [0.29, 0.717) is 6.54 Å². The van der Waals surface area contributed by atoms with Crippen molar-refractivity contribution < 1.29 is 4.92 Å². The molecule has 1 aromatic heterocycles. The Kier molecular flexibility index (Phi) is 4.37. The largest absolute Gasteiger partial charge is 0.313 e. The molecule has 21 heavy (non-hydrogen) atoms. The van der Waals surface area contributed by atoms with E-state index in [1.54, 1.807) is 12.1 Å². The summed E-state index contributed by atoms with van der Waals surface area (Å²) in [5.74, 6) is 0. The zero-order valence-corrected chi connectivity index (χ0v) is 12.8. The Bertz CT molecular complexity index is 646. The van der Waals surface area contributed by atoms with Crippen LogP contribution >= 0.6 is 0 Å². The standard InChI is InChI=1S/C15H20N4O2/c1-10(16-4)15-11(2)17-18(12(15)3)9-13-5-7-14(8-6-13)19(20)21/h5-8,10,16H,9H2,1-4H3.